The van der Waals surface area contributed by atoms with Gasteiger partial charge in [-0.3, -0.25) is 0 Å². The van der Waals surface area contributed by atoms with Crippen LogP contribution in [-0.2, 0) is 11.2 Å². The summed E-state index contributed by atoms with van der Waals surface area (Å²) >= 11 is -1.58. The van der Waals surface area contributed by atoms with Crippen LogP contribution in [0.15, 0.2) is 4.40 Å². The molecule has 0 aliphatic heterocycles. The highest BCUT2D eigenvalue weighted by Gasteiger charge is 2.02. The van der Waals surface area contributed by atoms with Gasteiger partial charge >= 0.3 is 0 Å². The van der Waals surface area contributed by atoms with Gasteiger partial charge in [-0.2, -0.15) is 4.40 Å². The van der Waals surface area contributed by atoms with Gasteiger partial charge in [0, 0.05) is 20.5 Å². The van der Waals surface area contributed by atoms with Gasteiger partial charge in [-0.25, -0.2) is 9.35 Å². The number of nitrogens with zero attached hydrogens (tertiary/aromatic N) is 2. The molecule has 0 aliphatic rings. The zero-order chi connectivity index (χ0) is 13.0. The van der Waals surface area contributed by atoms with Crippen LogP contribution >= 0.6 is 0 Å². The molecule has 98 valence electrons. The van der Waals surface area contributed by atoms with Crippen molar-refractivity contribution < 1.29 is 4.21 Å². The largest absolute Gasteiger partial charge is 0.366 e. The number of nitrogens with two attached hydrogens (primary N) is 1. The Hall–Kier alpha value is -0.420. The smallest absolute Gasteiger partial charge is 0.215 e. The SMILES string of the molecule is CC.CCCCCC/C(=N/S(N)=O)N(C)C. The fourth-order valence-corrected chi connectivity index (χ4v) is 1.63. The van der Waals surface area contributed by atoms with Gasteiger partial charge < -0.3 is 4.90 Å². The Morgan fingerprint density at radius 2 is 1.81 bits per heavy atom. The van der Waals surface area contributed by atoms with E-state index < -0.39 is 11.2 Å². The van der Waals surface area contributed by atoms with E-state index in [-0.39, 0.29) is 0 Å². The van der Waals surface area contributed by atoms with Crippen molar-refractivity contribution >= 4 is 17.0 Å². The van der Waals surface area contributed by atoms with Crippen molar-refractivity contribution in [2.24, 2.45) is 9.54 Å². The molecule has 0 amide bonds. The van der Waals surface area contributed by atoms with Crippen LogP contribution in [-0.4, -0.2) is 29.0 Å². The maximum absolute atomic E-state index is 10.7. The third-order valence-electron chi connectivity index (χ3n) is 1.97. The topological polar surface area (TPSA) is 58.7 Å². The number of unbranched alkanes of at least 4 members (excludes halogenated alkanes) is 3. The van der Waals surface area contributed by atoms with E-state index in [1.807, 2.05) is 32.8 Å². The maximum Gasteiger partial charge on any atom is 0.215 e. The van der Waals surface area contributed by atoms with E-state index in [1.54, 1.807) is 0 Å². The molecule has 0 radical (unpaired) electrons. The number of amidine groups is 1. The van der Waals surface area contributed by atoms with Crippen molar-refractivity contribution in [3.63, 3.8) is 0 Å². The summed E-state index contributed by atoms with van der Waals surface area (Å²) in [4.78, 5) is 1.87. The van der Waals surface area contributed by atoms with Crippen LogP contribution < -0.4 is 5.14 Å². The lowest BCUT2D eigenvalue weighted by atomic mass is 10.1. The molecule has 0 saturated carbocycles. The molecule has 0 spiro atoms. The molecule has 2 N–H and O–H groups in total. The fraction of sp³-hybridized carbons (Fsp3) is 0.909. The van der Waals surface area contributed by atoms with Crippen LogP contribution in [0.2, 0.25) is 0 Å². The van der Waals surface area contributed by atoms with E-state index in [0.717, 1.165) is 18.7 Å². The minimum absolute atomic E-state index is 0.821. The molecule has 4 nitrogen and oxygen atoms in total. The molecule has 0 aliphatic carbocycles. The van der Waals surface area contributed by atoms with E-state index in [4.69, 9.17) is 5.14 Å². The van der Waals surface area contributed by atoms with E-state index in [9.17, 15) is 4.21 Å². The van der Waals surface area contributed by atoms with Crippen LogP contribution in [0, 0.1) is 0 Å². The third kappa shape index (κ3) is 11.7. The van der Waals surface area contributed by atoms with Gasteiger partial charge in [0.15, 0.2) is 0 Å². The lowest BCUT2D eigenvalue weighted by molar-refractivity contribution is 0.585. The average molecular weight is 249 g/mol. The summed E-state index contributed by atoms with van der Waals surface area (Å²) in [5.41, 5.74) is 0. The van der Waals surface area contributed by atoms with E-state index in [1.165, 1.54) is 19.3 Å². The molecule has 0 rings (SSSR count). The second kappa shape index (κ2) is 12.6. The van der Waals surface area contributed by atoms with Crippen LogP contribution in [0.3, 0.4) is 0 Å². The summed E-state index contributed by atoms with van der Waals surface area (Å²) in [5, 5.41) is 5.12. The first-order chi connectivity index (χ1) is 7.57. The van der Waals surface area contributed by atoms with Gasteiger partial charge in [-0.05, 0) is 6.42 Å². The molecule has 1 unspecified atom stereocenters. The van der Waals surface area contributed by atoms with Gasteiger partial charge in [0.25, 0.3) is 0 Å². The highest BCUT2D eigenvalue weighted by molar-refractivity contribution is 7.81. The molecule has 16 heavy (non-hydrogen) atoms. The molecule has 0 aromatic heterocycles. The normalized spacial score (nSPS) is 12.8. The molecule has 0 bridgehead atoms. The number of hydrogen-bond donors (Lipinski definition) is 1. The Morgan fingerprint density at radius 1 is 1.25 bits per heavy atom. The Kier molecular flexibility index (Phi) is 14.2. The van der Waals surface area contributed by atoms with Gasteiger partial charge in [0.2, 0.25) is 11.2 Å². The second-order valence-corrected chi connectivity index (χ2v) is 4.22. The Labute approximate surface area is 103 Å². The first-order valence-electron chi connectivity index (χ1n) is 5.99. The lowest BCUT2D eigenvalue weighted by Gasteiger charge is -2.14. The zero-order valence-electron chi connectivity index (χ0n) is 11.3. The van der Waals surface area contributed by atoms with Crippen LogP contribution in [0.1, 0.15) is 52.9 Å². The quantitative estimate of drug-likeness (QED) is 0.446. The van der Waals surface area contributed by atoms with Crippen LogP contribution in [0.4, 0.5) is 0 Å². The zero-order valence-corrected chi connectivity index (χ0v) is 12.1. The Morgan fingerprint density at radius 3 is 2.19 bits per heavy atom. The number of hydrogen-bond acceptors (Lipinski definition) is 1. The van der Waals surface area contributed by atoms with Gasteiger partial charge in [0.1, 0.15) is 5.84 Å². The van der Waals surface area contributed by atoms with Crippen molar-refractivity contribution in [1.29, 1.82) is 0 Å². The Bertz CT molecular complexity index is 205. The van der Waals surface area contributed by atoms with Crippen LogP contribution in [0.25, 0.3) is 0 Å². The highest BCUT2D eigenvalue weighted by atomic mass is 32.2. The van der Waals surface area contributed by atoms with Crippen molar-refractivity contribution in [2.75, 3.05) is 14.1 Å². The molecule has 0 aromatic rings. The van der Waals surface area contributed by atoms with Crippen molar-refractivity contribution in [2.45, 2.75) is 52.9 Å². The molecule has 0 saturated heterocycles. The monoisotopic (exact) mass is 249 g/mol. The third-order valence-corrected chi connectivity index (χ3v) is 2.36. The second-order valence-electron chi connectivity index (χ2n) is 3.49. The predicted octanol–water partition coefficient (Wildman–Crippen LogP) is 2.48. The first-order valence-corrected chi connectivity index (χ1v) is 7.16. The van der Waals surface area contributed by atoms with E-state index in [0.29, 0.717) is 0 Å². The summed E-state index contributed by atoms with van der Waals surface area (Å²) in [6.45, 7) is 6.18. The maximum atomic E-state index is 10.7. The van der Waals surface area contributed by atoms with Crippen molar-refractivity contribution in [3.8, 4) is 0 Å². The minimum atomic E-state index is -1.58. The molecule has 0 fully saturated rings. The van der Waals surface area contributed by atoms with Gasteiger partial charge in [-0.1, -0.05) is 40.0 Å². The molecular weight excluding hydrogens is 222 g/mol. The lowest BCUT2D eigenvalue weighted by Crippen LogP contribution is -2.23. The Balaban J connectivity index is 0. The predicted molar refractivity (Wildman–Crippen MR) is 73.6 cm³/mol. The van der Waals surface area contributed by atoms with Crippen LogP contribution in [0.5, 0.6) is 0 Å². The average Bonchev–Trinajstić information content (AvgIpc) is 2.24. The molecule has 1 atom stereocenters. The first kappa shape index (κ1) is 18.0. The molecule has 5 heteroatoms. The number of rotatable bonds is 6. The summed E-state index contributed by atoms with van der Waals surface area (Å²) in [7, 11) is 3.79. The van der Waals surface area contributed by atoms with Gasteiger partial charge in [0.05, 0.1) is 0 Å². The molecule has 0 aromatic carbocycles. The van der Waals surface area contributed by atoms with Gasteiger partial charge in [-0.15, -0.1) is 0 Å². The standard InChI is InChI=1S/C9H21N3OS.C2H6/c1-4-5-6-7-8-9(12(2)3)11-14(10)13;1-2/h4-8,10H2,1-3H3;1-2H3/b11-9-;. The summed E-state index contributed by atoms with van der Waals surface area (Å²) in [5.74, 6) is 0.821. The summed E-state index contributed by atoms with van der Waals surface area (Å²) in [6.07, 6.45) is 5.60. The van der Waals surface area contributed by atoms with Crippen molar-refractivity contribution in [1.82, 2.24) is 4.90 Å². The van der Waals surface area contributed by atoms with E-state index >= 15 is 0 Å². The summed E-state index contributed by atoms with van der Waals surface area (Å²) < 4.78 is 14.6. The fourth-order valence-electron chi connectivity index (χ4n) is 1.16. The summed E-state index contributed by atoms with van der Waals surface area (Å²) in [6, 6.07) is 0. The minimum Gasteiger partial charge on any atom is -0.366 e. The molecular formula is C11H27N3OS. The molecule has 0 heterocycles. The highest BCUT2D eigenvalue weighted by Crippen LogP contribution is 2.05. The van der Waals surface area contributed by atoms with Crippen molar-refractivity contribution in [3.05, 3.63) is 0 Å². The van der Waals surface area contributed by atoms with E-state index in [2.05, 4.69) is 11.3 Å².